The molecule has 4 nitrogen and oxygen atoms in total. The molecular weight excluding hydrogens is 391 g/mol. The number of rotatable bonds is 6. The molecule has 0 radical (unpaired) electrons. The maximum absolute atomic E-state index is 13.0. The fourth-order valence-corrected chi connectivity index (χ4v) is 3.28. The number of hydrogen-bond acceptors (Lipinski definition) is 3. The minimum Gasteiger partial charge on any atom is -0.489 e. The second-order valence-electron chi connectivity index (χ2n) is 7.38. The van der Waals surface area contributed by atoms with Gasteiger partial charge in [0.25, 0.3) is 5.91 Å². The van der Waals surface area contributed by atoms with Crippen LogP contribution < -0.4 is 10.1 Å². The molecule has 0 heterocycles. The lowest BCUT2D eigenvalue weighted by Gasteiger charge is -2.12. The van der Waals surface area contributed by atoms with Gasteiger partial charge in [-0.2, -0.15) is 5.26 Å². The first-order chi connectivity index (χ1) is 14.9. The van der Waals surface area contributed by atoms with Crippen LogP contribution in [0.15, 0.2) is 66.2 Å². The zero-order valence-electron chi connectivity index (χ0n) is 17.7. The maximum Gasteiger partial charge on any atom is 0.266 e. The number of halogens is 1. The average Bonchev–Trinajstić information content (AvgIpc) is 2.75. The molecule has 0 aliphatic rings. The van der Waals surface area contributed by atoms with Crippen LogP contribution in [0.1, 0.15) is 27.8 Å². The van der Waals surface area contributed by atoms with Crippen LogP contribution in [-0.4, -0.2) is 5.91 Å². The van der Waals surface area contributed by atoms with Gasteiger partial charge in [0.15, 0.2) is 0 Å². The molecule has 0 aromatic heterocycles. The van der Waals surface area contributed by atoms with E-state index in [0.29, 0.717) is 17.9 Å². The molecule has 0 unspecified atom stereocenters. The van der Waals surface area contributed by atoms with Gasteiger partial charge in [-0.1, -0.05) is 42.0 Å². The highest BCUT2D eigenvalue weighted by Gasteiger charge is 2.13. The lowest BCUT2D eigenvalue weighted by molar-refractivity contribution is -0.112. The third-order valence-electron chi connectivity index (χ3n) is 4.79. The van der Waals surface area contributed by atoms with Crippen molar-refractivity contribution in [2.24, 2.45) is 0 Å². The second-order valence-corrected chi connectivity index (χ2v) is 7.38. The zero-order valence-corrected chi connectivity index (χ0v) is 17.7. The Kier molecular flexibility index (Phi) is 6.84. The van der Waals surface area contributed by atoms with E-state index in [-0.39, 0.29) is 11.4 Å². The molecule has 0 saturated carbocycles. The fraction of sp³-hybridized carbons (Fsp3) is 0.154. The fourth-order valence-electron chi connectivity index (χ4n) is 3.28. The quantitative estimate of drug-likeness (QED) is 0.405. The summed E-state index contributed by atoms with van der Waals surface area (Å²) in [6.45, 7) is 6.17. The first-order valence-corrected chi connectivity index (χ1v) is 9.84. The Labute approximate surface area is 181 Å². The van der Waals surface area contributed by atoms with Crippen molar-refractivity contribution in [2.75, 3.05) is 5.32 Å². The van der Waals surface area contributed by atoms with Gasteiger partial charge in [0.2, 0.25) is 0 Å². The van der Waals surface area contributed by atoms with Gasteiger partial charge in [-0.3, -0.25) is 4.79 Å². The van der Waals surface area contributed by atoms with Gasteiger partial charge in [0.05, 0.1) is 0 Å². The van der Waals surface area contributed by atoms with Crippen LogP contribution in [0.2, 0.25) is 0 Å². The molecule has 156 valence electrons. The van der Waals surface area contributed by atoms with Crippen LogP contribution >= 0.6 is 0 Å². The summed E-state index contributed by atoms with van der Waals surface area (Å²) >= 11 is 0. The van der Waals surface area contributed by atoms with Crippen molar-refractivity contribution in [3.05, 3.63) is 99.9 Å². The number of hydrogen-bond donors (Lipinski definition) is 1. The Morgan fingerprint density at radius 1 is 1.03 bits per heavy atom. The minimum atomic E-state index is -0.450. The van der Waals surface area contributed by atoms with E-state index < -0.39 is 5.91 Å². The molecule has 1 amide bonds. The molecule has 3 aromatic carbocycles. The number of ether oxygens (including phenoxy) is 1. The number of nitrogens with zero attached hydrogens (tertiary/aromatic N) is 1. The zero-order chi connectivity index (χ0) is 22.4. The largest absolute Gasteiger partial charge is 0.489 e. The highest BCUT2D eigenvalue weighted by Crippen LogP contribution is 2.23. The number of benzene rings is 3. The summed E-state index contributed by atoms with van der Waals surface area (Å²) in [5, 5.41) is 12.3. The lowest BCUT2D eigenvalue weighted by atomic mass is 10.0. The number of anilines is 1. The van der Waals surface area contributed by atoms with Crippen molar-refractivity contribution in [3.63, 3.8) is 0 Å². The molecule has 0 atom stereocenters. The summed E-state index contributed by atoms with van der Waals surface area (Å²) in [6, 6.07) is 19.1. The predicted octanol–water partition coefficient (Wildman–Crippen LogP) is 5.88. The monoisotopic (exact) mass is 414 g/mol. The van der Waals surface area contributed by atoms with E-state index >= 15 is 0 Å². The van der Waals surface area contributed by atoms with E-state index in [1.54, 1.807) is 36.4 Å². The Hall–Kier alpha value is -3.91. The molecule has 0 aliphatic heterocycles. The van der Waals surface area contributed by atoms with Gasteiger partial charge in [-0.05, 0) is 73.4 Å². The molecule has 0 fully saturated rings. The van der Waals surface area contributed by atoms with Crippen LogP contribution in [0.5, 0.6) is 5.75 Å². The molecule has 0 aliphatic carbocycles. The average molecular weight is 414 g/mol. The molecule has 0 saturated heterocycles. The van der Waals surface area contributed by atoms with Gasteiger partial charge in [0.1, 0.15) is 29.8 Å². The molecule has 5 heteroatoms. The van der Waals surface area contributed by atoms with Crippen LogP contribution in [-0.2, 0) is 11.4 Å². The van der Waals surface area contributed by atoms with E-state index in [1.165, 1.54) is 18.2 Å². The highest BCUT2D eigenvalue weighted by molar-refractivity contribution is 6.10. The topological polar surface area (TPSA) is 62.1 Å². The van der Waals surface area contributed by atoms with Gasteiger partial charge in [0, 0.05) is 5.69 Å². The van der Waals surface area contributed by atoms with Crippen LogP contribution in [0.25, 0.3) is 6.08 Å². The number of nitrogens with one attached hydrogen (secondary N) is 1. The predicted molar refractivity (Wildman–Crippen MR) is 120 cm³/mol. The molecular formula is C26H23FN2O2. The third kappa shape index (κ3) is 5.80. The summed E-state index contributed by atoms with van der Waals surface area (Å²) < 4.78 is 18.7. The first kappa shape index (κ1) is 21.8. The van der Waals surface area contributed by atoms with Crippen LogP contribution in [0.4, 0.5) is 10.1 Å². The Bertz CT molecular complexity index is 1130. The third-order valence-corrected chi connectivity index (χ3v) is 4.79. The summed E-state index contributed by atoms with van der Waals surface area (Å²) in [7, 11) is 0. The van der Waals surface area contributed by atoms with Crippen molar-refractivity contribution in [2.45, 2.75) is 27.4 Å². The van der Waals surface area contributed by atoms with Gasteiger partial charge < -0.3 is 10.1 Å². The van der Waals surface area contributed by atoms with Gasteiger partial charge >= 0.3 is 0 Å². The van der Waals surface area contributed by atoms with Crippen LogP contribution in [0.3, 0.4) is 0 Å². The molecule has 0 bridgehead atoms. The summed E-state index contributed by atoms with van der Waals surface area (Å²) in [5.41, 5.74) is 5.32. The summed E-state index contributed by atoms with van der Waals surface area (Å²) in [5.74, 6) is -0.102. The number of carbonyl (C=O) groups is 1. The van der Waals surface area contributed by atoms with E-state index in [0.717, 1.165) is 27.9 Å². The van der Waals surface area contributed by atoms with Crippen molar-refractivity contribution >= 4 is 17.7 Å². The molecule has 3 rings (SSSR count). The van der Waals surface area contributed by atoms with E-state index in [9.17, 15) is 14.4 Å². The van der Waals surface area contributed by atoms with Crippen molar-refractivity contribution < 1.29 is 13.9 Å². The van der Waals surface area contributed by atoms with E-state index in [2.05, 4.69) is 5.32 Å². The Balaban J connectivity index is 1.68. The van der Waals surface area contributed by atoms with Crippen molar-refractivity contribution in [1.29, 1.82) is 5.26 Å². The molecule has 3 aromatic rings. The standard InChI is InChI=1S/C26H23FN2O2/c1-17-12-18(2)25(19(3)13-17)29-26(30)22(15-28)14-20-6-10-24(11-7-20)31-16-21-4-8-23(27)9-5-21/h4-14H,16H2,1-3H3,(H,29,30)/b22-14+. The molecule has 1 N–H and O–H groups in total. The number of nitriles is 1. The van der Waals surface area contributed by atoms with E-state index in [4.69, 9.17) is 4.74 Å². The maximum atomic E-state index is 13.0. The number of amides is 1. The van der Waals surface area contributed by atoms with E-state index in [1.807, 2.05) is 39.0 Å². The second kappa shape index (κ2) is 9.73. The Morgan fingerprint density at radius 2 is 1.65 bits per heavy atom. The number of carbonyl (C=O) groups excluding carboxylic acids is 1. The Morgan fingerprint density at radius 3 is 2.23 bits per heavy atom. The normalized spacial score (nSPS) is 11.0. The van der Waals surface area contributed by atoms with Gasteiger partial charge in [-0.15, -0.1) is 0 Å². The smallest absolute Gasteiger partial charge is 0.266 e. The molecule has 31 heavy (non-hydrogen) atoms. The molecule has 0 spiro atoms. The first-order valence-electron chi connectivity index (χ1n) is 9.84. The van der Waals surface area contributed by atoms with Crippen molar-refractivity contribution in [3.8, 4) is 11.8 Å². The van der Waals surface area contributed by atoms with Crippen molar-refractivity contribution in [1.82, 2.24) is 0 Å². The summed E-state index contributed by atoms with van der Waals surface area (Å²) in [6.07, 6.45) is 1.54. The highest BCUT2D eigenvalue weighted by atomic mass is 19.1. The number of aryl methyl sites for hydroxylation is 3. The SMILES string of the molecule is Cc1cc(C)c(NC(=O)/C(C#N)=C/c2ccc(OCc3ccc(F)cc3)cc2)c(C)c1. The lowest BCUT2D eigenvalue weighted by Crippen LogP contribution is -2.15. The minimum absolute atomic E-state index is 0.0133. The van der Waals surface area contributed by atoms with Gasteiger partial charge in [-0.25, -0.2) is 4.39 Å². The summed E-state index contributed by atoms with van der Waals surface area (Å²) in [4.78, 5) is 12.6. The van der Waals surface area contributed by atoms with Crippen LogP contribution in [0, 0.1) is 37.9 Å².